The van der Waals surface area contributed by atoms with Gasteiger partial charge in [0, 0.05) is 11.1 Å². The number of hydrogen-bond donors (Lipinski definition) is 0. The van der Waals surface area contributed by atoms with Crippen molar-refractivity contribution in [2.24, 2.45) is 0 Å². The first-order valence-electron chi connectivity index (χ1n) is 5.12. The third kappa shape index (κ3) is 6.20. The fraction of sp³-hybridized carbons (Fsp3) is 1.00. The average molecular weight is 296 g/mol. The maximum absolute atomic E-state index is 11.9. The van der Waals surface area contributed by atoms with Gasteiger partial charge in [-0.15, -0.1) is 10.3 Å². The van der Waals surface area contributed by atoms with Gasteiger partial charge < -0.3 is 18.9 Å². The molecule has 0 aromatic heterocycles. The second-order valence-corrected chi connectivity index (χ2v) is 6.61. The standard InChI is InChI=1S/C9H19NO5P.2Na/c1-8(2)5-7(15-16(12,13)14)6-9(3,4)10(8)11;;/h7H,5-6H2,1-4H3,(H2,12,13,14);;/q;2*+1/p-2. The maximum Gasteiger partial charge on any atom is 1.00 e. The van der Waals surface area contributed by atoms with Crippen LogP contribution in [0.5, 0.6) is 0 Å². The Labute approximate surface area is 152 Å². The van der Waals surface area contributed by atoms with Crippen molar-refractivity contribution in [2.75, 3.05) is 0 Å². The van der Waals surface area contributed by atoms with E-state index in [0.29, 0.717) is 0 Å². The van der Waals surface area contributed by atoms with Crippen LogP contribution in [0, 0.1) is 0 Å². The summed E-state index contributed by atoms with van der Waals surface area (Å²) in [5.74, 6) is 0. The van der Waals surface area contributed by atoms with Gasteiger partial charge in [-0.2, -0.15) is 0 Å². The quantitative estimate of drug-likeness (QED) is 0.374. The van der Waals surface area contributed by atoms with Crippen molar-refractivity contribution in [3.63, 3.8) is 0 Å². The van der Waals surface area contributed by atoms with Crippen LogP contribution in [0.1, 0.15) is 40.5 Å². The summed E-state index contributed by atoms with van der Waals surface area (Å²) in [5, 5.41) is 12.9. The van der Waals surface area contributed by atoms with Crippen LogP contribution in [0.3, 0.4) is 0 Å². The molecule has 0 amide bonds. The van der Waals surface area contributed by atoms with Crippen molar-refractivity contribution in [2.45, 2.75) is 57.7 Å². The average Bonchev–Trinajstić information content (AvgIpc) is 1.95. The van der Waals surface area contributed by atoms with Crippen LogP contribution in [0.2, 0.25) is 0 Å². The van der Waals surface area contributed by atoms with Crippen molar-refractivity contribution in [1.82, 2.24) is 5.06 Å². The molecule has 0 spiro atoms. The molecule has 0 unspecified atom stereocenters. The van der Waals surface area contributed by atoms with Crippen molar-refractivity contribution in [1.29, 1.82) is 0 Å². The van der Waals surface area contributed by atoms with E-state index in [1.54, 1.807) is 27.7 Å². The summed E-state index contributed by atoms with van der Waals surface area (Å²) in [5.41, 5.74) is -1.47. The molecular formula is C9H17NNa2O5P. The van der Waals surface area contributed by atoms with E-state index in [-0.39, 0.29) is 72.0 Å². The van der Waals surface area contributed by atoms with Gasteiger partial charge in [0.15, 0.2) is 0 Å². The molecule has 9 heteroatoms. The third-order valence-electron chi connectivity index (χ3n) is 2.83. The summed E-state index contributed by atoms with van der Waals surface area (Å²) in [6.45, 7) is 6.82. The van der Waals surface area contributed by atoms with E-state index in [1.807, 2.05) is 0 Å². The van der Waals surface area contributed by atoms with Crippen LogP contribution in [-0.4, -0.2) is 22.2 Å². The van der Waals surface area contributed by atoms with Crippen LogP contribution in [0.15, 0.2) is 0 Å². The zero-order valence-electron chi connectivity index (χ0n) is 11.9. The monoisotopic (exact) mass is 296 g/mol. The molecule has 18 heavy (non-hydrogen) atoms. The molecule has 1 radical (unpaired) electrons. The van der Waals surface area contributed by atoms with E-state index in [1.165, 1.54) is 0 Å². The fourth-order valence-corrected chi connectivity index (χ4v) is 2.94. The minimum Gasteiger partial charge on any atom is -0.790 e. The van der Waals surface area contributed by atoms with Crippen LogP contribution < -0.4 is 68.9 Å². The van der Waals surface area contributed by atoms with E-state index >= 15 is 0 Å². The minimum absolute atomic E-state index is 0. The summed E-state index contributed by atoms with van der Waals surface area (Å²) in [4.78, 5) is 21.1. The molecule has 0 aromatic rings. The molecule has 0 aliphatic carbocycles. The Morgan fingerprint density at radius 1 is 1.11 bits per heavy atom. The second-order valence-electron chi connectivity index (χ2n) is 5.50. The van der Waals surface area contributed by atoms with Gasteiger partial charge in [-0.25, -0.2) is 0 Å². The van der Waals surface area contributed by atoms with Crippen molar-refractivity contribution >= 4 is 7.82 Å². The van der Waals surface area contributed by atoms with Crippen molar-refractivity contribution in [3.05, 3.63) is 0 Å². The number of phosphoric ester groups is 1. The Kier molecular flexibility index (Phi) is 9.10. The molecule has 1 fully saturated rings. The van der Waals surface area contributed by atoms with E-state index in [9.17, 15) is 19.6 Å². The molecule has 0 bridgehead atoms. The Hall–Kier alpha value is 2.03. The number of nitrogens with zero attached hydrogens (tertiary/aromatic N) is 1. The first-order chi connectivity index (χ1) is 6.94. The van der Waals surface area contributed by atoms with Crippen molar-refractivity contribution < 1.29 is 83.2 Å². The molecule has 1 rings (SSSR count). The Bertz CT molecular complexity index is 302. The summed E-state index contributed by atoms with van der Waals surface area (Å²) < 4.78 is 15.0. The van der Waals surface area contributed by atoms with Gasteiger partial charge in [-0.3, -0.25) is 0 Å². The van der Waals surface area contributed by atoms with Gasteiger partial charge >= 0.3 is 59.1 Å². The number of piperidine rings is 1. The molecule has 0 saturated carbocycles. The molecule has 95 valence electrons. The molecule has 1 saturated heterocycles. The number of rotatable bonds is 2. The summed E-state index contributed by atoms with van der Waals surface area (Å²) >= 11 is 0. The number of phosphoric acid groups is 1. The second kappa shape index (κ2) is 7.34. The predicted molar refractivity (Wildman–Crippen MR) is 52.4 cm³/mol. The first kappa shape index (κ1) is 22.3. The molecule has 0 aromatic carbocycles. The molecular weight excluding hydrogens is 279 g/mol. The van der Waals surface area contributed by atoms with Gasteiger partial charge in [0.2, 0.25) is 0 Å². The zero-order valence-corrected chi connectivity index (χ0v) is 16.8. The summed E-state index contributed by atoms with van der Waals surface area (Å²) in [6, 6.07) is 0. The smallest absolute Gasteiger partial charge is 0.790 e. The predicted octanol–water partition coefficient (Wildman–Crippen LogP) is -5.79. The minimum atomic E-state index is -4.99. The number of hydroxylamine groups is 2. The Morgan fingerprint density at radius 3 is 1.72 bits per heavy atom. The first-order valence-corrected chi connectivity index (χ1v) is 6.58. The van der Waals surface area contributed by atoms with Crippen LogP contribution in [0.4, 0.5) is 0 Å². The van der Waals surface area contributed by atoms with Gasteiger partial charge in [-0.1, -0.05) is 0 Å². The molecule has 1 aliphatic heterocycles. The SMILES string of the molecule is CC1(C)CC(OP(=O)([O-])[O-])CC(C)(C)N1[O].[Na+].[Na+]. The normalized spacial score (nSPS) is 23.9. The Balaban J connectivity index is 0. The fourth-order valence-electron chi connectivity index (χ4n) is 2.43. The van der Waals surface area contributed by atoms with E-state index in [2.05, 4.69) is 4.52 Å². The van der Waals surface area contributed by atoms with Crippen molar-refractivity contribution in [3.8, 4) is 0 Å². The van der Waals surface area contributed by atoms with E-state index in [4.69, 9.17) is 0 Å². The Morgan fingerprint density at radius 2 is 1.44 bits per heavy atom. The van der Waals surface area contributed by atoms with E-state index < -0.39 is 25.0 Å². The summed E-state index contributed by atoms with van der Waals surface area (Å²) in [7, 11) is -4.99. The summed E-state index contributed by atoms with van der Waals surface area (Å²) in [6.07, 6.45) is -0.251. The molecule has 0 atom stereocenters. The van der Waals surface area contributed by atoms with Crippen LogP contribution in [-0.2, 0) is 14.3 Å². The van der Waals surface area contributed by atoms with Crippen LogP contribution in [0.25, 0.3) is 0 Å². The van der Waals surface area contributed by atoms with Crippen LogP contribution >= 0.6 is 7.82 Å². The third-order valence-corrected chi connectivity index (χ3v) is 3.39. The molecule has 1 heterocycles. The molecule has 0 N–H and O–H groups in total. The number of hydrogen-bond acceptors (Lipinski definition) is 5. The molecule has 6 nitrogen and oxygen atoms in total. The maximum atomic E-state index is 11.9. The largest absolute Gasteiger partial charge is 1.00 e. The topological polar surface area (TPSA) is 95.6 Å². The zero-order chi connectivity index (χ0) is 12.8. The van der Waals surface area contributed by atoms with Gasteiger partial charge in [0.25, 0.3) is 0 Å². The van der Waals surface area contributed by atoms with E-state index in [0.717, 1.165) is 5.06 Å². The van der Waals surface area contributed by atoms with Gasteiger partial charge in [0.1, 0.15) is 0 Å². The van der Waals surface area contributed by atoms with Gasteiger partial charge in [0.05, 0.1) is 13.9 Å². The van der Waals surface area contributed by atoms with Gasteiger partial charge in [-0.05, 0) is 40.5 Å². The molecule has 1 aliphatic rings.